The molecule has 4 rings (SSSR count). The van der Waals surface area contributed by atoms with Crippen molar-refractivity contribution in [2.24, 2.45) is 0 Å². The molecule has 0 spiro atoms. The summed E-state index contributed by atoms with van der Waals surface area (Å²) in [4.78, 5) is 4.33. The van der Waals surface area contributed by atoms with E-state index >= 15 is 0 Å². The van der Waals surface area contributed by atoms with Gasteiger partial charge in [0.1, 0.15) is 11.6 Å². The second kappa shape index (κ2) is 5.29. The highest BCUT2D eigenvalue weighted by Crippen LogP contribution is 2.41. The van der Waals surface area contributed by atoms with Crippen LogP contribution in [0.4, 0.5) is 8.78 Å². The van der Waals surface area contributed by atoms with E-state index in [2.05, 4.69) is 15.2 Å². The first-order valence-corrected chi connectivity index (χ1v) is 7.60. The highest BCUT2D eigenvalue weighted by atomic mass is 35.5. The van der Waals surface area contributed by atoms with Crippen LogP contribution in [-0.4, -0.2) is 25.4 Å². The number of aromatic hydroxyl groups is 2. The van der Waals surface area contributed by atoms with E-state index in [0.717, 1.165) is 0 Å². The minimum absolute atomic E-state index is 0.0496. The molecule has 5 nitrogen and oxygen atoms in total. The lowest BCUT2D eigenvalue weighted by Gasteiger charge is -2.13. The first kappa shape index (κ1) is 15.6. The number of phenolic OH excluding ortho intramolecular Hbond substituents is 2. The van der Waals surface area contributed by atoms with Crippen LogP contribution in [-0.2, 0) is 0 Å². The predicted molar refractivity (Wildman–Crippen MR) is 89.8 cm³/mol. The molecule has 0 amide bonds. The van der Waals surface area contributed by atoms with Gasteiger partial charge >= 0.3 is 0 Å². The van der Waals surface area contributed by atoms with Crippen LogP contribution in [0.1, 0.15) is 5.56 Å². The number of H-pyrrole nitrogens is 1. The SMILES string of the molecule is Cc1c(O)c(F)c2c(c(-c3ccc(O)c(Cl)c3)nc3[nH]ncc32)c1F. The molecule has 0 aliphatic rings. The zero-order chi connectivity index (χ0) is 17.9. The first-order chi connectivity index (χ1) is 11.9. The zero-order valence-electron chi connectivity index (χ0n) is 12.7. The number of aromatic nitrogens is 3. The molecule has 0 bridgehead atoms. The molecule has 3 N–H and O–H groups in total. The van der Waals surface area contributed by atoms with Crippen molar-refractivity contribution in [1.29, 1.82) is 0 Å². The highest BCUT2D eigenvalue weighted by molar-refractivity contribution is 6.32. The summed E-state index contributed by atoms with van der Waals surface area (Å²) in [5, 5.41) is 26.0. The minimum atomic E-state index is -0.950. The van der Waals surface area contributed by atoms with E-state index in [-0.39, 0.29) is 43.8 Å². The van der Waals surface area contributed by atoms with Crippen LogP contribution < -0.4 is 0 Å². The molecule has 0 unspecified atom stereocenters. The van der Waals surface area contributed by atoms with Crippen LogP contribution in [0.2, 0.25) is 5.02 Å². The summed E-state index contributed by atoms with van der Waals surface area (Å²) in [6.07, 6.45) is 1.32. The number of halogens is 3. The third-order valence-electron chi connectivity index (χ3n) is 4.15. The molecular formula is C17H10ClF2N3O2. The average molecular weight is 362 g/mol. The Morgan fingerprint density at radius 2 is 1.88 bits per heavy atom. The minimum Gasteiger partial charge on any atom is -0.506 e. The van der Waals surface area contributed by atoms with Gasteiger partial charge in [0.25, 0.3) is 0 Å². The Kier molecular flexibility index (Phi) is 3.30. The summed E-state index contributed by atoms with van der Waals surface area (Å²) in [5.74, 6) is -2.64. The number of nitrogens with zero attached hydrogens (tertiary/aromatic N) is 2. The van der Waals surface area contributed by atoms with E-state index in [4.69, 9.17) is 11.6 Å². The van der Waals surface area contributed by atoms with Crippen molar-refractivity contribution >= 4 is 33.4 Å². The molecule has 2 aromatic heterocycles. The third-order valence-corrected chi connectivity index (χ3v) is 4.45. The molecule has 126 valence electrons. The molecule has 25 heavy (non-hydrogen) atoms. The molecule has 4 aromatic rings. The van der Waals surface area contributed by atoms with Gasteiger partial charge in [0.2, 0.25) is 0 Å². The number of nitrogens with one attached hydrogen (secondary N) is 1. The molecule has 0 radical (unpaired) electrons. The van der Waals surface area contributed by atoms with Crippen molar-refractivity contribution in [2.75, 3.05) is 0 Å². The number of phenols is 2. The molecule has 8 heteroatoms. The quantitative estimate of drug-likeness (QED) is 0.468. The Balaban J connectivity index is 2.25. The topological polar surface area (TPSA) is 82.0 Å². The van der Waals surface area contributed by atoms with Crippen molar-refractivity contribution in [3.63, 3.8) is 0 Å². The van der Waals surface area contributed by atoms with Crippen molar-refractivity contribution in [3.05, 3.63) is 46.6 Å². The van der Waals surface area contributed by atoms with Gasteiger partial charge in [0.15, 0.2) is 17.2 Å². The van der Waals surface area contributed by atoms with Gasteiger partial charge in [0.05, 0.1) is 16.9 Å². The maximum absolute atomic E-state index is 14.9. The van der Waals surface area contributed by atoms with Crippen LogP contribution in [0, 0.1) is 18.6 Å². The summed E-state index contributed by atoms with van der Waals surface area (Å²) in [7, 11) is 0. The van der Waals surface area contributed by atoms with Crippen molar-refractivity contribution < 1.29 is 19.0 Å². The number of rotatable bonds is 1. The number of fused-ring (bicyclic) bond motifs is 3. The molecule has 2 aromatic carbocycles. The van der Waals surface area contributed by atoms with Gasteiger partial charge in [-0.1, -0.05) is 11.6 Å². The molecule has 0 fully saturated rings. The normalized spacial score (nSPS) is 11.5. The second-order valence-electron chi connectivity index (χ2n) is 5.61. The Bertz CT molecular complexity index is 1170. The number of aromatic amines is 1. The van der Waals surface area contributed by atoms with Crippen molar-refractivity contribution in [3.8, 4) is 22.8 Å². The molecule has 0 saturated carbocycles. The lowest BCUT2D eigenvalue weighted by atomic mass is 9.98. The smallest absolute Gasteiger partial charge is 0.173 e. The lowest BCUT2D eigenvalue weighted by molar-refractivity contribution is 0.426. The van der Waals surface area contributed by atoms with Crippen LogP contribution >= 0.6 is 11.6 Å². The van der Waals surface area contributed by atoms with E-state index in [0.29, 0.717) is 5.56 Å². The van der Waals surface area contributed by atoms with Gasteiger partial charge in [-0.15, -0.1) is 0 Å². The van der Waals surface area contributed by atoms with E-state index in [9.17, 15) is 19.0 Å². The lowest BCUT2D eigenvalue weighted by Crippen LogP contribution is -1.97. The van der Waals surface area contributed by atoms with Gasteiger partial charge in [0, 0.05) is 27.3 Å². The summed E-state index contributed by atoms with van der Waals surface area (Å²) < 4.78 is 29.7. The number of benzene rings is 2. The molecule has 0 atom stereocenters. The second-order valence-corrected chi connectivity index (χ2v) is 6.02. The number of hydrogen-bond acceptors (Lipinski definition) is 4. The standard InChI is InChI=1S/C17H10ClF2N3O2/c1-6-13(19)12-11(14(20)16(6)25)8-5-21-23-17(8)22-15(12)7-2-3-10(24)9(18)4-7/h2-5,24-25H,1H3,(H,21,22,23). The third kappa shape index (κ3) is 2.12. The van der Waals surface area contributed by atoms with E-state index in [1.165, 1.54) is 31.3 Å². The van der Waals surface area contributed by atoms with Crippen molar-refractivity contribution in [2.45, 2.75) is 6.92 Å². The highest BCUT2D eigenvalue weighted by Gasteiger charge is 2.24. The largest absolute Gasteiger partial charge is 0.506 e. The monoisotopic (exact) mass is 361 g/mol. The van der Waals surface area contributed by atoms with Gasteiger partial charge in [-0.2, -0.15) is 5.10 Å². The van der Waals surface area contributed by atoms with Crippen LogP contribution in [0.25, 0.3) is 33.1 Å². The number of pyridine rings is 1. The van der Waals surface area contributed by atoms with Crippen LogP contribution in [0.5, 0.6) is 11.5 Å². The van der Waals surface area contributed by atoms with Crippen LogP contribution in [0.3, 0.4) is 0 Å². The fraction of sp³-hybridized carbons (Fsp3) is 0.0588. The van der Waals surface area contributed by atoms with E-state index < -0.39 is 17.4 Å². The zero-order valence-corrected chi connectivity index (χ0v) is 13.5. The molecule has 0 saturated heterocycles. The van der Waals surface area contributed by atoms with Gasteiger partial charge < -0.3 is 10.2 Å². The Morgan fingerprint density at radius 1 is 1.12 bits per heavy atom. The maximum Gasteiger partial charge on any atom is 0.173 e. The van der Waals surface area contributed by atoms with Crippen molar-refractivity contribution in [1.82, 2.24) is 15.2 Å². The fourth-order valence-electron chi connectivity index (χ4n) is 2.85. The average Bonchev–Trinajstić information content (AvgIpc) is 3.07. The predicted octanol–water partition coefficient (Wildman–Crippen LogP) is 4.43. The fourth-order valence-corrected chi connectivity index (χ4v) is 3.03. The summed E-state index contributed by atoms with van der Waals surface area (Å²) in [6, 6.07) is 4.23. The van der Waals surface area contributed by atoms with Gasteiger partial charge in [-0.25, -0.2) is 13.8 Å². The summed E-state index contributed by atoms with van der Waals surface area (Å²) >= 11 is 5.93. The molecular weight excluding hydrogens is 352 g/mol. The summed E-state index contributed by atoms with van der Waals surface area (Å²) in [6.45, 7) is 1.28. The molecule has 2 heterocycles. The Labute approximate surface area is 144 Å². The van der Waals surface area contributed by atoms with E-state index in [1.807, 2.05) is 0 Å². The van der Waals surface area contributed by atoms with Gasteiger partial charge in [-0.3, -0.25) is 5.10 Å². The van der Waals surface area contributed by atoms with Crippen LogP contribution in [0.15, 0.2) is 24.4 Å². The Morgan fingerprint density at radius 3 is 2.60 bits per heavy atom. The Hall–Kier alpha value is -2.93. The summed E-state index contributed by atoms with van der Waals surface area (Å²) in [5.41, 5.74) is 0.509. The molecule has 0 aliphatic heterocycles. The van der Waals surface area contributed by atoms with Gasteiger partial charge in [-0.05, 0) is 25.1 Å². The maximum atomic E-state index is 14.9. The van der Waals surface area contributed by atoms with E-state index in [1.54, 1.807) is 0 Å². The first-order valence-electron chi connectivity index (χ1n) is 7.22. The number of hydrogen-bond donors (Lipinski definition) is 3. The molecule has 0 aliphatic carbocycles.